The van der Waals surface area contributed by atoms with Gasteiger partial charge in [0.05, 0.1) is 6.54 Å². The second kappa shape index (κ2) is 5.32. The Kier molecular flexibility index (Phi) is 4.35. The van der Waals surface area contributed by atoms with E-state index in [1.807, 2.05) is 11.8 Å². The molecule has 1 aliphatic heterocycles. The Hall–Kier alpha value is -0.610. The van der Waals surface area contributed by atoms with Gasteiger partial charge in [-0.3, -0.25) is 4.79 Å². The monoisotopic (exact) mass is 199 g/mol. The van der Waals surface area contributed by atoms with E-state index < -0.39 is 0 Å². The summed E-state index contributed by atoms with van der Waals surface area (Å²) in [6.45, 7) is 4.88. The Balaban J connectivity index is 2.43. The van der Waals surface area contributed by atoms with Crippen LogP contribution in [0.2, 0.25) is 0 Å². The topological polar surface area (TPSA) is 49.6 Å². The van der Waals surface area contributed by atoms with Crippen LogP contribution in [0, 0.1) is 0 Å². The molecule has 1 heterocycles. The van der Waals surface area contributed by atoms with Crippen LogP contribution >= 0.6 is 0 Å². The van der Waals surface area contributed by atoms with Gasteiger partial charge in [0.15, 0.2) is 0 Å². The van der Waals surface area contributed by atoms with E-state index in [9.17, 15) is 4.79 Å². The van der Waals surface area contributed by atoms with Crippen LogP contribution in [0.5, 0.6) is 0 Å². The van der Waals surface area contributed by atoms with E-state index in [1.54, 1.807) is 0 Å². The summed E-state index contributed by atoms with van der Waals surface area (Å²) >= 11 is 0. The summed E-state index contributed by atoms with van der Waals surface area (Å²) < 4.78 is 0. The number of rotatable bonds is 4. The maximum Gasteiger partial charge on any atom is 0.236 e. The fourth-order valence-corrected chi connectivity index (χ4v) is 2.00. The Labute approximate surface area is 86.0 Å². The first-order valence-corrected chi connectivity index (χ1v) is 5.37. The van der Waals surface area contributed by atoms with E-state index >= 15 is 0 Å². The summed E-state index contributed by atoms with van der Waals surface area (Å²) in [5, 5.41) is 0. The van der Waals surface area contributed by atoms with Crippen LogP contribution < -0.4 is 5.73 Å². The van der Waals surface area contributed by atoms with Crippen molar-refractivity contribution in [3.63, 3.8) is 0 Å². The molecule has 82 valence electrons. The van der Waals surface area contributed by atoms with Gasteiger partial charge < -0.3 is 15.5 Å². The first-order valence-electron chi connectivity index (χ1n) is 5.37. The smallest absolute Gasteiger partial charge is 0.236 e. The van der Waals surface area contributed by atoms with Crippen LogP contribution in [0.3, 0.4) is 0 Å². The fourth-order valence-electron chi connectivity index (χ4n) is 2.00. The first-order chi connectivity index (χ1) is 6.69. The Morgan fingerprint density at radius 2 is 2.36 bits per heavy atom. The van der Waals surface area contributed by atoms with Crippen molar-refractivity contribution in [1.82, 2.24) is 9.80 Å². The lowest BCUT2D eigenvalue weighted by Gasteiger charge is -2.27. The summed E-state index contributed by atoms with van der Waals surface area (Å²) in [6.07, 6.45) is 2.44. The van der Waals surface area contributed by atoms with E-state index in [0.29, 0.717) is 6.04 Å². The summed E-state index contributed by atoms with van der Waals surface area (Å²) in [7, 11) is 2.12. The molecule has 0 spiro atoms. The van der Waals surface area contributed by atoms with Crippen molar-refractivity contribution in [3.8, 4) is 0 Å². The minimum atomic E-state index is 0.0628. The van der Waals surface area contributed by atoms with Gasteiger partial charge in [-0.25, -0.2) is 0 Å². The highest BCUT2D eigenvalue weighted by molar-refractivity contribution is 5.78. The summed E-state index contributed by atoms with van der Waals surface area (Å²) in [4.78, 5) is 15.6. The lowest BCUT2D eigenvalue weighted by atomic mass is 10.2. The molecule has 4 heteroatoms. The normalized spacial score (nSPS) is 22.6. The zero-order chi connectivity index (χ0) is 10.6. The van der Waals surface area contributed by atoms with Crippen molar-refractivity contribution in [2.45, 2.75) is 25.8 Å². The highest BCUT2D eigenvalue weighted by Crippen LogP contribution is 2.15. The second-order valence-electron chi connectivity index (χ2n) is 3.91. The Morgan fingerprint density at radius 3 is 2.79 bits per heavy atom. The number of hydrogen-bond donors (Lipinski definition) is 1. The van der Waals surface area contributed by atoms with Crippen LogP contribution in [-0.2, 0) is 4.79 Å². The van der Waals surface area contributed by atoms with Gasteiger partial charge in [-0.2, -0.15) is 0 Å². The van der Waals surface area contributed by atoms with Gasteiger partial charge in [0, 0.05) is 19.1 Å². The Morgan fingerprint density at radius 1 is 1.64 bits per heavy atom. The molecule has 0 aromatic heterocycles. The molecular weight excluding hydrogens is 178 g/mol. The highest BCUT2D eigenvalue weighted by Gasteiger charge is 2.24. The molecule has 0 aliphatic carbocycles. The molecule has 1 saturated heterocycles. The van der Waals surface area contributed by atoms with Gasteiger partial charge in [-0.05, 0) is 33.4 Å². The maximum absolute atomic E-state index is 11.4. The number of carbonyl (C=O) groups excluding carboxylic acids is 1. The summed E-state index contributed by atoms with van der Waals surface area (Å²) in [5.41, 5.74) is 5.35. The van der Waals surface area contributed by atoms with Crippen molar-refractivity contribution in [2.75, 3.05) is 33.2 Å². The summed E-state index contributed by atoms with van der Waals surface area (Å²) in [6, 6.07) is 0.533. The van der Waals surface area contributed by atoms with Crippen molar-refractivity contribution < 1.29 is 4.79 Å². The molecule has 1 atom stereocenters. The zero-order valence-electron chi connectivity index (χ0n) is 9.20. The van der Waals surface area contributed by atoms with Crippen molar-refractivity contribution in [3.05, 3.63) is 0 Å². The number of nitrogens with zero attached hydrogens (tertiary/aromatic N) is 2. The molecule has 1 rings (SSSR count). The standard InChI is InChI=1S/C10H21N3O/c1-3-13(10(14)7-11)8-9-5-4-6-12(9)2/h9H,3-8,11H2,1-2H3/t9-/m1/s1. The van der Waals surface area contributed by atoms with Gasteiger partial charge in [0.25, 0.3) is 0 Å². The average Bonchev–Trinajstić information content (AvgIpc) is 2.59. The van der Waals surface area contributed by atoms with E-state index in [1.165, 1.54) is 12.8 Å². The summed E-state index contributed by atoms with van der Waals surface area (Å²) in [5.74, 6) is 0.0628. The second-order valence-corrected chi connectivity index (χ2v) is 3.91. The SMILES string of the molecule is CCN(C[C@H]1CCCN1C)C(=O)CN. The van der Waals surface area contributed by atoms with E-state index in [-0.39, 0.29) is 12.5 Å². The molecule has 1 amide bonds. The van der Waals surface area contributed by atoms with Crippen LogP contribution in [0.25, 0.3) is 0 Å². The number of likely N-dealkylation sites (N-methyl/N-ethyl adjacent to an activating group) is 2. The first kappa shape index (κ1) is 11.5. The molecule has 0 unspecified atom stereocenters. The molecular formula is C10H21N3O. The van der Waals surface area contributed by atoms with Crippen LogP contribution in [0.1, 0.15) is 19.8 Å². The lowest BCUT2D eigenvalue weighted by molar-refractivity contribution is -0.130. The van der Waals surface area contributed by atoms with Crippen molar-refractivity contribution >= 4 is 5.91 Å². The molecule has 1 fully saturated rings. The molecule has 2 N–H and O–H groups in total. The quantitative estimate of drug-likeness (QED) is 0.687. The average molecular weight is 199 g/mol. The molecule has 0 aromatic rings. The molecule has 0 radical (unpaired) electrons. The van der Waals surface area contributed by atoms with Crippen LogP contribution in [0.4, 0.5) is 0 Å². The lowest BCUT2D eigenvalue weighted by Crippen LogP contribution is -2.43. The van der Waals surface area contributed by atoms with E-state index in [4.69, 9.17) is 5.73 Å². The number of likely N-dealkylation sites (tertiary alicyclic amines) is 1. The third kappa shape index (κ3) is 2.69. The molecule has 0 aromatic carbocycles. The van der Waals surface area contributed by atoms with Gasteiger partial charge in [0.1, 0.15) is 0 Å². The highest BCUT2D eigenvalue weighted by atomic mass is 16.2. The van der Waals surface area contributed by atoms with Crippen molar-refractivity contribution in [1.29, 1.82) is 0 Å². The largest absolute Gasteiger partial charge is 0.340 e. The van der Waals surface area contributed by atoms with E-state index in [0.717, 1.165) is 19.6 Å². The number of nitrogens with two attached hydrogens (primary N) is 1. The van der Waals surface area contributed by atoms with Gasteiger partial charge in [0.2, 0.25) is 5.91 Å². The van der Waals surface area contributed by atoms with Crippen molar-refractivity contribution in [2.24, 2.45) is 5.73 Å². The molecule has 4 nitrogen and oxygen atoms in total. The molecule has 0 bridgehead atoms. The maximum atomic E-state index is 11.4. The molecule has 14 heavy (non-hydrogen) atoms. The molecule has 1 aliphatic rings. The third-order valence-electron chi connectivity index (χ3n) is 3.01. The fraction of sp³-hybridized carbons (Fsp3) is 0.900. The predicted molar refractivity (Wildman–Crippen MR) is 57.0 cm³/mol. The van der Waals surface area contributed by atoms with Crippen LogP contribution in [-0.4, -0.2) is 55.0 Å². The molecule has 0 saturated carbocycles. The Bertz CT molecular complexity index is 196. The van der Waals surface area contributed by atoms with Gasteiger partial charge in [-0.1, -0.05) is 0 Å². The minimum Gasteiger partial charge on any atom is -0.340 e. The number of amides is 1. The van der Waals surface area contributed by atoms with E-state index in [2.05, 4.69) is 11.9 Å². The predicted octanol–water partition coefficient (Wildman–Crippen LogP) is -0.112. The van der Waals surface area contributed by atoms with Gasteiger partial charge in [-0.15, -0.1) is 0 Å². The number of hydrogen-bond acceptors (Lipinski definition) is 3. The van der Waals surface area contributed by atoms with Gasteiger partial charge >= 0.3 is 0 Å². The minimum absolute atomic E-state index is 0.0628. The third-order valence-corrected chi connectivity index (χ3v) is 3.01. The zero-order valence-corrected chi connectivity index (χ0v) is 9.20. The number of carbonyl (C=O) groups is 1. The van der Waals surface area contributed by atoms with Crippen LogP contribution in [0.15, 0.2) is 0 Å².